The second-order valence-corrected chi connectivity index (χ2v) is 4.78. The van der Waals surface area contributed by atoms with Crippen LogP contribution in [0.1, 0.15) is 29.8 Å². The number of aliphatic hydroxyl groups is 1. The second kappa shape index (κ2) is 5.13. The van der Waals surface area contributed by atoms with Gasteiger partial charge in [0.1, 0.15) is 23.4 Å². The first kappa shape index (κ1) is 12.9. The second-order valence-electron chi connectivity index (χ2n) is 4.78. The average molecular weight is 274 g/mol. The van der Waals surface area contributed by atoms with Crippen molar-refractivity contribution in [3.05, 3.63) is 59.4 Å². The van der Waals surface area contributed by atoms with Crippen LogP contribution in [0.2, 0.25) is 0 Å². The van der Waals surface area contributed by atoms with E-state index in [2.05, 4.69) is 0 Å². The van der Waals surface area contributed by atoms with Gasteiger partial charge in [-0.2, -0.15) is 0 Å². The zero-order chi connectivity index (χ0) is 14.1. The number of benzene rings is 2. The zero-order valence-electron chi connectivity index (χ0n) is 11.0. The first-order chi connectivity index (χ1) is 9.69. The first-order valence-corrected chi connectivity index (χ1v) is 6.46. The minimum Gasteiger partial charge on any atom is -0.497 e. The van der Waals surface area contributed by atoms with Gasteiger partial charge in [0.05, 0.1) is 13.2 Å². The molecule has 1 heterocycles. The van der Waals surface area contributed by atoms with E-state index in [0.717, 1.165) is 0 Å². The normalized spacial score (nSPS) is 20.9. The predicted molar refractivity (Wildman–Crippen MR) is 72.3 cm³/mol. The highest BCUT2D eigenvalue weighted by atomic mass is 19.1. The maximum Gasteiger partial charge on any atom is 0.130 e. The fraction of sp³-hybridized carbons (Fsp3) is 0.250. The maximum absolute atomic E-state index is 13.8. The Bertz CT molecular complexity index is 627. The summed E-state index contributed by atoms with van der Waals surface area (Å²) in [4.78, 5) is 0. The monoisotopic (exact) mass is 274 g/mol. The Morgan fingerprint density at radius 1 is 1.20 bits per heavy atom. The van der Waals surface area contributed by atoms with Crippen molar-refractivity contribution in [1.29, 1.82) is 0 Å². The van der Waals surface area contributed by atoms with Gasteiger partial charge in [-0.15, -0.1) is 0 Å². The predicted octanol–water partition coefficient (Wildman–Crippen LogP) is 3.39. The van der Waals surface area contributed by atoms with Crippen molar-refractivity contribution in [2.75, 3.05) is 7.11 Å². The van der Waals surface area contributed by atoms with Crippen LogP contribution in [0, 0.1) is 5.82 Å². The average Bonchev–Trinajstić information content (AvgIpc) is 2.47. The molecule has 0 spiro atoms. The van der Waals surface area contributed by atoms with Crippen molar-refractivity contribution in [2.24, 2.45) is 0 Å². The lowest BCUT2D eigenvalue weighted by atomic mass is 9.94. The summed E-state index contributed by atoms with van der Waals surface area (Å²) in [5, 5.41) is 10.2. The van der Waals surface area contributed by atoms with E-state index in [-0.39, 0.29) is 5.82 Å². The van der Waals surface area contributed by atoms with Gasteiger partial charge >= 0.3 is 0 Å². The molecule has 0 radical (unpaired) electrons. The molecule has 0 bridgehead atoms. The number of ether oxygens (including phenoxy) is 2. The van der Waals surface area contributed by atoms with Crippen molar-refractivity contribution < 1.29 is 19.0 Å². The Balaban J connectivity index is 1.97. The SMILES string of the molecule is COc1ccc2c(c1)OC(c1ccccc1F)C[C@@H]2O. The van der Waals surface area contributed by atoms with E-state index in [4.69, 9.17) is 9.47 Å². The van der Waals surface area contributed by atoms with Crippen LogP contribution in [0.3, 0.4) is 0 Å². The van der Waals surface area contributed by atoms with E-state index in [0.29, 0.717) is 29.0 Å². The summed E-state index contributed by atoms with van der Waals surface area (Å²) in [5.74, 6) is 0.859. The van der Waals surface area contributed by atoms with E-state index in [1.165, 1.54) is 6.07 Å². The minimum absolute atomic E-state index is 0.323. The largest absolute Gasteiger partial charge is 0.497 e. The number of fused-ring (bicyclic) bond motifs is 1. The van der Waals surface area contributed by atoms with Crippen molar-refractivity contribution in [3.8, 4) is 11.5 Å². The molecule has 0 fully saturated rings. The van der Waals surface area contributed by atoms with Gasteiger partial charge in [-0.05, 0) is 18.2 Å². The van der Waals surface area contributed by atoms with E-state index < -0.39 is 12.2 Å². The number of hydrogen-bond donors (Lipinski definition) is 1. The van der Waals surface area contributed by atoms with Crippen LogP contribution in [0.5, 0.6) is 11.5 Å². The fourth-order valence-electron chi connectivity index (χ4n) is 2.48. The molecular weight excluding hydrogens is 259 g/mol. The molecule has 3 nitrogen and oxygen atoms in total. The minimum atomic E-state index is -0.672. The molecule has 1 unspecified atom stereocenters. The van der Waals surface area contributed by atoms with Crippen molar-refractivity contribution in [1.82, 2.24) is 0 Å². The lowest BCUT2D eigenvalue weighted by Gasteiger charge is -2.30. The summed E-state index contributed by atoms with van der Waals surface area (Å²) in [7, 11) is 1.56. The molecule has 20 heavy (non-hydrogen) atoms. The van der Waals surface area contributed by atoms with E-state index >= 15 is 0 Å². The Kier molecular flexibility index (Phi) is 3.32. The van der Waals surface area contributed by atoms with Gasteiger partial charge in [0.25, 0.3) is 0 Å². The van der Waals surface area contributed by atoms with Crippen LogP contribution >= 0.6 is 0 Å². The molecule has 3 rings (SSSR count). The van der Waals surface area contributed by atoms with Gasteiger partial charge in [0.2, 0.25) is 0 Å². The molecule has 1 aliphatic rings. The molecule has 0 saturated carbocycles. The molecule has 2 aromatic carbocycles. The van der Waals surface area contributed by atoms with Crippen LogP contribution in [-0.4, -0.2) is 12.2 Å². The van der Waals surface area contributed by atoms with Crippen LogP contribution in [0.4, 0.5) is 4.39 Å². The number of aliphatic hydroxyl groups excluding tert-OH is 1. The molecule has 1 N–H and O–H groups in total. The van der Waals surface area contributed by atoms with E-state index in [9.17, 15) is 9.50 Å². The highest BCUT2D eigenvalue weighted by Gasteiger charge is 2.29. The standard InChI is InChI=1S/C16H15FO3/c1-19-10-6-7-12-14(18)9-16(20-15(12)8-10)11-4-2-3-5-13(11)17/h2-8,14,16,18H,9H2,1H3/t14-,16?/m0/s1. The van der Waals surface area contributed by atoms with Gasteiger partial charge in [-0.3, -0.25) is 0 Å². The van der Waals surface area contributed by atoms with E-state index in [1.807, 2.05) is 0 Å². The van der Waals surface area contributed by atoms with Crippen LogP contribution in [0.15, 0.2) is 42.5 Å². The van der Waals surface area contributed by atoms with Crippen LogP contribution in [-0.2, 0) is 0 Å². The molecule has 0 saturated heterocycles. The van der Waals surface area contributed by atoms with Gasteiger partial charge in [-0.1, -0.05) is 18.2 Å². The summed E-state index contributed by atoms with van der Waals surface area (Å²) >= 11 is 0. The number of methoxy groups -OCH3 is 1. The summed E-state index contributed by atoms with van der Waals surface area (Å²) in [6, 6.07) is 11.7. The first-order valence-electron chi connectivity index (χ1n) is 6.46. The maximum atomic E-state index is 13.8. The van der Waals surface area contributed by atoms with Crippen molar-refractivity contribution >= 4 is 0 Å². The van der Waals surface area contributed by atoms with Gasteiger partial charge in [0.15, 0.2) is 0 Å². The fourth-order valence-corrected chi connectivity index (χ4v) is 2.48. The summed E-state index contributed by atoms with van der Waals surface area (Å²) < 4.78 is 24.8. The van der Waals surface area contributed by atoms with E-state index in [1.54, 1.807) is 43.5 Å². The quantitative estimate of drug-likeness (QED) is 0.912. The van der Waals surface area contributed by atoms with Crippen molar-refractivity contribution in [3.63, 3.8) is 0 Å². The lowest BCUT2D eigenvalue weighted by Crippen LogP contribution is -2.20. The number of hydrogen-bond acceptors (Lipinski definition) is 3. The van der Waals surface area contributed by atoms with Gasteiger partial charge in [-0.25, -0.2) is 4.39 Å². The molecule has 4 heteroatoms. The Hall–Kier alpha value is -2.07. The third-order valence-corrected chi connectivity index (χ3v) is 3.54. The van der Waals surface area contributed by atoms with Crippen LogP contribution < -0.4 is 9.47 Å². The zero-order valence-corrected chi connectivity index (χ0v) is 11.0. The van der Waals surface area contributed by atoms with Crippen molar-refractivity contribution in [2.45, 2.75) is 18.6 Å². The highest BCUT2D eigenvalue weighted by molar-refractivity contribution is 5.44. The number of halogens is 1. The van der Waals surface area contributed by atoms with Gasteiger partial charge in [0, 0.05) is 23.6 Å². The molecule has 0 aliphatic carbocycles. The molecule has 2 atom stereocenters. The molecule has 2 aromatic rings. The third kappa shape index (κ3) is 2.23. The third-order valence-electron chi connectivity index (χ3n) is 3.54. The molecule has 104 valence electrons. The lowest BCUT2D eigenvalue weighted by molar-refractivity contribution is 0.0638. The Morgan fingerprint density at radius 3 is 2.75 bits per heavy atom. The smallest absolute Gasteiger partial charge is 0.130 e. The highest BCUT2D eigenvalue weighted by Crippen LogP contribution is 2.42. The molecular formula is C16H15FO3. The molecule has 0 amide bonds. The number of rotatable bonds is 2. The van der Waals surface area contributed by atoms with Crippen LogP contribution in [0.25, 0.3) is 0 Å². The summed E-state index contributed by atoms with van der Waals surface area (Å²) in [5.41, 5.74) is 1.17. The Labute approximate surface area is 116 Å². The summed E-state index contributed by atoms with van der Waals surface area (Å²) in [6.07, 6.45) is -0.833. The topological polar surface area (TPSA) is 38.7 Å². The van der Waals surface area contributed by atoms with Gasteiger partial charge < -0.3 is 14.6 Å². The molecule has 0 aromatic heterocycles. The Morgan fingerprint density at radius 2 is 2.00 bits per heavy atom. The summed E-state index contributed by atoms with van der Waals surface area (Å²) in [6.45, 7) is 0. The molecule has 1 aliphatic heterocycles.